The monoisotopic (exact) mass is 183 g/mol. The average Bonchev–Trinajstić information content (AvgIpc) is 2.30. The minimum absolute atomic E-state index is 0.275. The van der Waals surface area contributed by atoms with Gasteiger partial charge in [-0.1, -0.05) is 25.0 Å². The first-order valence-corrected chi connectivity index (χ1v) is 5.19. The maximum absolute atomic E-state index is 5.94. The predicted octanol–water partition coefficient (Wildman–Crippen LogP) is 2.10. The fourth-order valence-corrected chi connectivity index (χ4v) is 1.92. The van der Waals surface area contributed by atoms with E-state index in [9.17, 15) is 0 Å². The van der Waals surface area contributed by atoms with E-state index in [2.05, 4.69) is 13.0 Å². The molecule has 0 heterocycles. The molecule has 1 rings (SSSR count). The van der Waals surface area contributed by atoms with Crippen molar-refractivity contribution in [1.29, 1.82) is 0 Å². The fourth-order valence-electron chi connectivity index (χ4n) is 1.92. The summed E-state index contributed by atoms with van der Waals surface area (Å²) in [5.41, 5.74) is 7.43. The SMILES string of the molecule is COCC(C)C1=CC(N)CCCC1. The zero-order valence-corrected chi connectivity index (χ0v) is 8.75. The van der Waals surface area contributed by atoms with Crippen LogP contribution < -0.4 is 5.73 Å². The van der Waals surface area contributed by atoms with Gasteiger partial charge in [0, 0.05) is 19.1 Å². The zero-order chi connectivity index (χ0) is 9.68. The third-order valence-corrected chi connectivity index (χ3v) is 2.73. The van der Waals surface area contributed by atoms with Crippen LogP contribution in [0.1, 0.15) is 32.6 Å². The lowest BCUT2D eigenvalue weighted by molar-refractivity contribution is 0.171. The lowest BCUT2D eigenvalue weighted by Gasteiger charge is -2.14. The highest BCUT2D eigenvalue weighted by Gasteiger charge is 2.13. The van der Waals surface area contributed by atoms with Crippen LogP contribution in [0.2, 0.25) is 0 Å². The molecule has 0 saturated carbocycles. The van der Waals surface area contributed by atoms with Crippen molar-refractivity contribution in [2.45, 2.75) is 38.6 Å². The Morgan fingerprint density at radius 3 is 3.08 bits per heavy atom. The minimum atomic E-state index is 0.275. The van der Waals surface area contributed by atoms with Crippen LogP contribution in [0.3, 0.4) is 0 Å². The fraction of sp³-hybridized carbons (Fsp3) is 0.818. The van der Waals surface area contributed by atoms with Gasteiger partial charge in [0.1, 0.15) is 0 Å². The van der Waals surface area contributed by atoms with Crippen LogP contribution in [-0.2, 0) is 4.74 Å². The van der Waals surface area contributed by atoms with Gasteiger partial charge in [0.25, 0.3) is 0 Å². The third-order valence-electron chi connectivity index (χ3n) is 2.73. The van der Waals surface area contributed by atoms with E-state index < -0.39 is 0 Å². The molecule has 0 aromatic carbocycles. The van der Waals surface area contributed by atoms with Crippen LogP contribution in [0.15, 0.2) is 11.6 Å². The molecule has 2 unspecified atom stereocenters. The number of ether oxygens (including phenoxy) is 1. The van der Waals surface area contributed by atoms with E-state index in [-0.39, 0.29) is 6.04 Å². The quantitative estimate of drug-likeness (QED) is 0.680. The molecule has 13 heavy (non-hydrogen) atoms. The van der Waals surface area contributed by atoms with Gasteiger partial charge in [-0.3, -0.25) is 0 Å². The highest BCUT2D eigenvalue weighted by atomic mass is 16.5. The van der Waals surface area contributed by atoms with Crippen LogP contribution in [0.4, 0.5) is 0 Å². The second-order valence-electron chi connectivity index (χ2n) is 4.01. The number of hydrogen-bond acceptors (Lipinski definition) is 2. The topological polar surface area (TPSA) is 35.2 Å². The number of hydrogen-bond donors (Lipinski definition) is 1. The number of methoxy groups -OCH3 is 1. The van der Waals surface area contributed by atoms with Crippen molar-refractivity contribution in [2.24, 2.45) is 11.7 Å². The Bertz CT molecular complexity index is 177. The van der Waals surface area contributed by atoms with E-state index in [1.165, 1.54) is 24.8 Å². The van der Waals surface area contributed by atoms with Gasteiger partial charge in [0.05, 0.1) is 6.61 Å². The molecule has 0 aliphatic heterocycles. The molecule has 2 atom stereocenters. The molecule has 0 spiro atoms. The van der Waals surface area contributed by atoms with Crippen LogP contribution in [-0.4, -0.2) is 19.8 Å². The smallest absolute Gasteiger partial charge is 0.0525 e. The predicted molar refractivity (Wildman–Crippen MR) is 55.6 cm³/mol. The number of rotatable bonds is 3. The molecule has 1 aliphatic carbocycles. The Balaban J connectivity index is 2.53. The maximum Gasteiger partial charge on any atom is 0.0525 e. The van der Waals surface area contributed by atoms with Gasteiger partial charge >= 0.3 is 0 Å². The van der Waals surface area contributed by atoms with Gasteiger partial charge < -0.3 is 10.5 Å². The van der Waals surface area contributed by atoms with Gasteiger partial charge in [-0.15, -0.1) is 0 Å². The van der Waals surface area contributed by atoms with E-state index in [0.29, 0.717) is 5.92 Å². The Kier molecular flexibility index (Phi) is 4.46. The largest absolute Gasteiger partial charge is 0.384 e. The first-order valence-electron chi connectivity index (χ1n) is 5.19. The molecule has 76 valence electrons. The van der Waals surface area contributed by atoms with Crippen LogP contribution in [0.25, 0.3) is 0 Å². The summed E-state index contributed by atoms with van der Waals surface area (Å²) in [5.74, 6) is 0.536. The Hall–Kier alpha value is -0.340. The molecule has 0 amide bonds. The van der Waals surface area contributed by atoms with Crippen LogP contribution >= 0.6 is 0 Å². The molecule has 0 bridgehead atoms. The highest BCUT2D eigenvalue weighted by Crippen LogP contribution is 2.23. The molecular formula is C11H21NO. The second kappa shape index (κ2) is 5.40. The molecule has 2 heteroatoms. The number of nitrogens with two attached hydrogens (primary N) is 1. The van der Waals surface area contributed by atoms with E-state index in [1.54, 1.807) is 7.11 Å². The first kappa shape index (κ1) is 10.7. The molecule has 2 N–H and O–H groups in total. The summed E-state index contributed by atoms with van der Waals surface area (Å²) < 4.78 is 5.15. The molecule has 2 nitrogen and oxygen atoms in total. The molecule has 0 radical (unpaired) electrons. The van der Waals surface area contributed by atoms with E-state index >= 15 is 0 Å². The van der Waals surface area contributed by atoms with E-state index in [0.717, 1.165) is 13.0 Å². The van der Waals surface area contributed by atoms with Crippen molar-refractivity contribution >= 4 is 0 Å². The Morgan fingerprint density at radius 2 is 2.38 bits per heavy atom. The highest BCUT2D eigenvalue weighted by molar-refractivity contribution is 5.11. The molecule has 1 aliphatic rings. The summed E-state index contributed by atoms with van der Waals surface area (Å²) >= 11 is 0. The van der Waals surface area contributed by atoms with Crippen molar-refractivity contribution in [3.8, 4) is 0 Å². The summed E-state index contributed by atoms with van der Waals surface area (Å²) in [5, 5.41) is 0. The molecule has 0 saturated heterocycles. The standard InChI is InChI=1S/C11H21NO/c1-9(8-13-2)10-5-3-4-6-11(12)7-10/h7,9,11H,3-6,8,12H2,1-2H3. The zero-order valence-electron chi connectivity index (χ0n) is 8.75. The third kappa shape index (κ3) is 3.49. The van der Waals surface area contributed by atoms with Gasteiger partial charge in [0.15, 0.2) is 0 Å². The average molecular weight is 183 g/mol. The van der Waals surface area contributed by atoms with Crippen molar-refractivity contribution in [3.05, 3.63) is 11.6 Å². The van der Waals surface area contributed by atoms with Crippen LogP contribution in [0, 0.1) is 5.92 Å². The van der Waals surface area contributed by atoms with Crippen molar-refractivity contribution < 1.29 is 4.74 Å². The second-order valence-corrected chi connectivity index (χ2v) is 4.01. The lowest BCUT2D eigenvalue weighted by atomic mass is 9.97. The van der Waals surface area contributed by atoms with Crippen molar-refractivity contribution in [1.82, 2.24) is 0 Å². The molecule has 0 fully saturated rings. The summed E-state index contributed by atoms with van der Waals surface area (Å²) in [4.78, 5) is 0. The van der Waals surface area contributed by atoms with Crippen LogP contribution in [0.5, 0.6) is 0 Å². The van der Waals surface area contributed by atoms with Crippen molar-refractivity contribution in [3.63, 3.8) is 0 Å². The van der Waals surface area contributed by atoms with Gasteiger partial charge in [-0.25, -0.2) is 0 Å². The summed E-state index contributed by atoms with van der Waals surface area (Å²) in [6.45, 7) is 3.03. The van der Waals surface area contributed by atoms with Gasteiger partial charge in [-0.05, 0) is 19.3 Å². The molecular weight excluding hydrogens is 162 g/mol. The Labute approximate surface area is 81.1 Å². The maximum atomic E-state index is 5.94. The van der Waals surface area contributed by atoms with Gasteiger partial charge in [-0.2, -0.15) is 0 Å². The van der Waals surface area contributed by atoms with E-state index in [4.69, 9.17) is 10.5 Å². The first-order chi connectivity index (χ1) is 6.24. The summed E-state index contributed by atoms with van der Waals surface area (Å²) in [6, 6.07) is 0.275. The summed E-state index contributed by atoms with van der Waals surface area (Å²) in [6.07, 6.45) is 7.15. The molecule has 0 aromatic heterocycles. The van der Waals surface area contributed by atoms with Crippen molar-refractivity contribution in [2.75, 3.05) is 13.7 Å². The normalized spacial score (nSPS) is 26.4. The Morgan fingerprint density at radius 1 is 1.62 bits per heavy atom. The lowest BCUT2D eigenvalue weighted by Crippen LogP contribution is -2.17. The van der Waals surface area contributed by atoms with Gasteiger partial charge in [0.2, 0.25) is 0 Å². The molecule has 0 aromatic rings. The van der Waals surface area contributed by atoms with E-state index in [1.807, 2.05) is 0 Å². The summed E-state index contributed by atoms with van der Waals surface area (Å²) in [7, 11) is 1.76. The minimum Gasteiger partial charge on any atom is -0.384 e.